The van der Waals surface area contributed by atoms with Crippen LogP contribution in [0.15, 0.2) is 77.7 Å². The summed E-state index contributed by atoms with van der Waals surface area (Å²) in [7, 11) is -4.06. The number of amides is 1. The van der Waals surface area contributed by atoms with Crippen LogP contribution >= 0.6 is 0 Å². The second-order valence-corrected chi connectivity index (χ2v) is 7.64. The molecule has 1 amide bonds. The second-order valence-electron chi connectivity index (χ2n) is 5.96. The first-order valence-electron chi connectivity index (χ1n) is 8.48. The summed E-state index contributed by atoms with van der Waals surface area (Å²) in [6.07, 6.45) is 0. The summed E-state index contributed by atoms with van der Waals surface area (Å²) in [4.78, 5) is 12.4. The summed E-state index contributed by atoms with van der Waals surface area (Å²) in [5, 5.41) is 2.55. The number of para-hydroxylation sites is 1. The zero-order chi connectivity index (χ0) is 21.7. The third kappa shape index (κ3) is 5.29. The number of rotatable bonds is 7. The van der Waals surface area contributed by atoms with Gasteiger partial charge in [-0.15, -0.1) is 0 Å². The van der Waals surface area contributed by atoms with Crippen LogP contribution in [0, 0.1) is 5.82 Å². The Kier molecular flexibility index (Phi) is 6.26. The number of sulfonamides is 1. The standard InChI is InChI=1S/C20H15F3N2O4S/c21-13-5-11-16(12-6-13)30(27,28)25-18-4-2-1-3-17(18)19(26)24-14-7-9-15(10-8-14)29-20(22)23/h1-12,20,25H,(H,24,26). The smallest absolute Gasteiger partial charge is 0.387 e. The van der Waals surface area contributed by atoms with Gasteiger partial charge in [0.1, 0.15) is 11.6 Å². The molecule has 0 aliphatic rings. The van der Waals surface area contributed by atoms with Gasteiger partial charge >= 0.3 is 6.61 Å². The van der Waals surface area contributed by atoms with E-state index in [1.54, 1.807) is 6.07 Å². The lowest BCUT2D eigenvalue weighted by Crippen LogP contribution is -2.18. The van der Waals surface area contributed by atoms with Gasteiger partial charge in [-0.3, -0.25) is 9.52 Å². The molecule has 3 rings (SSSR count). The van der Waals surface area contributed by atoms with Crippen molar-refractivity contribution in [3.8, 4) is 5.75 Å². The molecule has 0 aliphatic carbocycles. The highest BCUT2D eigenvalue weighted by Gasteiger charge is 2.19. The zero-order valence-corrected chi connectivity index (χ0v) is 16.0. The normalized spacial score (nSPS) is 11.2. The SMILES string of the molecule is O=C(Nc1ccc(OC(F)F)cc1)c1ccccc1NS(=O)(=O)c1ccc(F)cc1. The van der Waals surface area contributed by atoms with Crippen LogP contribution in [0.1, 0.15) is 10.4 Å². The summed E-state index contributed by atoms with van der Waals surface area (Å²) in [6.45, 7) is -2.97. The van der Waals surface area contributed by atoms with Gasteiger partial charge in [-0.1, -0.05) is 12.1 Å². The van der Waals surface area contributed by atoms with E-state index in [-0.39, 0.29) is 27.6 Å². The van der Waals surface area contributed by atoms with E-state index in [0.717, 1.165) is 24.3 Å². The summed E-state index contributed by atoms with van der Waals surface area (Å²) < 4.78 is 69.1. The van der Waals surface area contributed by atoms with E-state index >= 15 is 0 Å². The first-order chi connectivity index (χ1) is 14.2. The minimum Gasteiger partial charge on any atom is -0.435 e. The number of halogens is 3. The van der Waals surface area contributed by atoms with Crippen molar-refractivity contribution in [2.75, 3.05) is 10.0 Å². The van der Waals surface area contributed by atoms with Crippen LogP contribution in [0.4, 0.5) is 24.5 Å². The van der Waals surface area contributed by atoms with Crippen LogP contribution in [-0.2, 0) is 10.0 Å². The minimum absolute atomic E-state index is 0.0111. The number of carbonyl (C=O) groups excluding carboxylic acids is 1. The van der Waals surface area contributed by atoms with Crippen molar-refractivity contribution in [3.63, 3.8) is 0 Å². The molecule has 0 unspecified atom stereocenters. The molecule has 0 aromatic heterocycles. The van der Waals surface area contributed by atoms with E-state index in [0.29, 0.717) is 0 Å². The van der Waals surface area contributed by atoms with Crippen molar-refractivity contribution >= 4 is 27.3 Å². The fourth-order valence-corrected chi connectivity index (χ4v) is 3.59. The van der Waals surface area contributed by atoms with Crippen LogP contribution < -0.4 is 14.8 Å². The van der Waals surface area contributed by atoms with Gasteiger partial charge in [-0.05, 0) is 60.7 Å². The number of nitrogens with one attached hydrogen (secondary N) is 2. The molecule has 0 spiro atoms. The third-order valence-corrected chi connectivity index (χ3v) is 5.26. The fraction of sp³-hybridized carbons (Fsp3) is 0.0500. The molecular formula is C20H15F3N2O4S. The van der Waals surface area contributed by atoms with Crippen LogP contribution in [0.5, 0.6) is 5.75 Å². The molecule has 0 fully saturated rings. The summed E-state index contributed by atoms with van der Waals surface area (Å²) in [6, 6.07) is 15.3. The highest BCUT2D eigenvalue weighted by molar-refractivity contribution is 7.92. The zero-order valence-electron chi connectivity index (χ0n) is 15.2. The quantitative estimate of drug-likeness (QED) is 0.572. The highest BCUT2D eigenvalue weighted by atomic mass is 32.2. The molecule has 156 valence electrons. The molecule has 0 bridgehead atoms. The van der Waals surface area contributed by atoms with Crippen molar-refractivity contribution in [2.24, 2.45) is 0 Å². The molecule has 2 N–H and O–H groups in total. The van der Waals surface area contributed by atoms with E-state index in [1.807, 2.05) is 0 Å². The fourth-order valence-electron chi connectivity index (χ4n) is 2.51. The monoisotopic (exact) mass is 436 g/mol. The predicted octanol–water partition coefficient (Wildman–Crippen LogP) is 4.48. The first-order valence-corrected chi connectivity index (χ1v) is 9.96. The van der Waals surface area contributed by atoms with E-state index in [4.69, 9.17) is 0 Å². The highest BCUT2D eigenvalue weighted by Crippen LogP contribution is 2.23. The molecule has 0 radical (unpaired) electrons. The van der Waals surface area contributed by atoms with Crippen LogP contribution in [0.3, 0.4) is 0 Å². The van der Waals surface area contributed by atoms with Gasteiger partial charge in [0.2, 0.25) is 0 Å². The number of benzene rings is 3. The van der Waals surface area contributed by atoms with Gasteiger partial charge in [-0.25, -0.2) is 12.8 Å². The van der Waals surface area contributed by atoms with E-state index in [2.05, 4.69) is 14.8 Å². The van der Waals surface area contributed by atoms with E-state index in [1.165, 1.54) is 42.5 Å². The number of hydrogen-bond donors (Lipinski definition) is 2. The van der Waals surface area contributed by atoms with Crippen molar-refractivity contribution in [1.29, 1.82) is 0 Å². The number of hydrogen-bond acceptors (Lipinski definition) is 4. The number of ether oxygens (including phenoxy) is 1. The molecule has 0 aliphatic heterocycles. The Labute approximate surface area is 170 Å². The van der Waals surface area contributed by atoms with Gasteiger partial charge in [0.05, 0.1) is 16.1 Å². The summed E-state index contributed by atoms with van der Waals surface area (Å²) in [5.74, 6) is -1.29. The van der Waals surface area contributed by atoms with Crippen molar-refractivity contribution < 1.29 is 31.1 Å². The lowest BCUT2D eigenvalue weighted by molar-refractivity contribution is -0.0498. The second kappa shape index (κ2) is 8.87. The molecule has 10 heteroatoms. The average molecular weight is 436 g/mol. The lowest BCUT2D eigenvalue weighted by Gasteiger charge is -2.13. The molecular weight excluding hydrogens is 421 g/mol. The van der Waals surface area contributed by atoms with Gasteiger partial charge in [0, 0.05) is 5.69 Å². The molecule has 0 saturated carbocycles. The maximum absolute atomic E-state index is 13.1. The predicted molar refractivity (Wildman–Crippen MR) is 105 cm³/mol. The molecule has 0 saturated heterocycles. The topological polar surface area (TPSA) is 84.5 Å². The molecule has 0 heterocycles. The first kappa shape index (κ1) is 21.2. The Morgan fingerprint density at radius 2 is 1.53 bits per heavy atom. The molecule has 30 heavy (non-hydrogen) atoms. The van der Waals surface area contributed by atoms with Gasteiger partial charge in [0.15, 0.2) is 0 Å². The van der Waals surface area contributed by atoms with Gasteiger partial charge in [0.25, 0.3) is 15.9 Å². The van der Waals surface area contributed by atoms with Gasteiger partial charge in [-0.2, -0.15) is 8.78 Å². The summed E-state index contributed by atoms with van der Waals surface area (Å²) >= 11 is 0. The third-order valence-electron chi connectivity index (χ3n) is 3.88. The Balaban J connectivity index is 1.79. The lowest BCUT2D eigenvalue weighted by atomic mass is 10.1. The largest absolute Gasteiger partial charge is 0.435 e. The van der Waals surface area contributed by atoms with Crippen molar-refractivity contribution in [2.45, 2.75) is 11.5 Å². The molecule has 0 atom stereocenters. The maximum atomic E-state index is 13.1. The van der Waals surface area contributed by atoms with E-state index in [9.17, 15) is 26.4 Å². The van der Waals surface area contributed by atoms with Crippen molar-refractivity contribution in [1.82, 2.24) is 0 Å². The molecule has 3 aromatic carbocycles. The van der Waals surface area contributed by atoms with Crippen LogP contribution in [-0.4, -0.2) is 20.9 Å². The number of anilines is 2. The average Bonchev–Trinajstić information content (AvgIpc) is 2.69. The number of alkyl halides is 2. The summed E-state index contributed by atoms with van der Waals surface area (Å²) in [5.41, 5.74) is 0.325. The van der Waals surface area contributed by atoms with Crippen molar-refractivity contribution in [3.05, 3.63) is 84.2 Å². The maximum Gasteiger partial charge on any atom is 0.387 e. The van der Waals surface area contributed by atoms with Crippen LogP contribution in [0.25, 0.3) is 0 Å². The number of carbonyl (C=O) groups is 1. The molecule has 3 aromatic rings. The Morgan fingerprint density at radius 3 is 2.17 bits per heavy atom. The van der Waals surface area contributed by atoms with Crippen LogP contribution in [0.2, 0.25) is 0 Å². The van der Waals surface area contributed by atoms with Gasteiger partial charge < -0.3 is 10.1 Å². The molecule has 6 nitrogen and oxygen atoms in total. The minimum atomic E-state index is -4.06. The Morgan fingerprint density at radius 1 is 0.900 bits per heavy atom. The van der Waals surface area contributed by atoms with E-state index < -0.39 is 28.4 Å². The Hall–Kier alpha value is -3.53. The Bertz CT molecular complexity index is 1140.